The fourth-order valence-electron chi connectivity index (χ4n) is 1.51. The van der Waals surface area contributed by atoms with Crippen LogP contribution in [0.3, 0.4) is 0 Å². The number of nitrogens with one attached hydrogen (secondary N) is 1. The Kier molecular flexibility index (Phi) is 10.0. The van der Waals surface area contributed by atoms with Gasteiger partial charge in [-0.3, -0.25) is 0 Å². The molecule has 0 aliphatic carbocycles. The lowest BCUT2D eigenvalue weighted by atomic mass is 10.1. The molecule has 0 saturated carbocycles. The van der Waals surface area contributed by atoms with Crippen molar-refractivity contribution in [2.45, 2.75) is 64.9 Å². The first-order chi connectivity index (χ1) is 7.20. The summed E-state index contributed by atoms with van der Waals surface area (Å²) in [5, 5.41) is 3.33. The van der Waals surface area contributed by atoms with Gasteiger partial charge in [-0.25, -0.2) is 0 Å². The third kappa shape index (κ3) is 9.98. The molecule has 0 amide bonds. The number of ether oxygens (including phenoxy) is 1. The van der Waals surface area contributed by atoms with Crippen LogP contribution in [0.2, 0.25) is 0 Å². The molecule has 15 heavy (non-hydrogen) atoms. The molecule has 0 aromatic carbocycles. The fourth-order valence-corrected chi connectivity index (χ4v) is 1.68. The largest absolute Gasteiger partial charge is 0.468 e. The summed E-state index contributed by atoms with van der Waals surface area (Å²) in [6.45, 7) is 4.32. The van der Waals surface area contributed by atoms with Crippen molar-refractivity contribution in [1.82, 2.24) is 5.32 Å². The molecule has 1 atom stereocenters. The Balaban J connectivity index is 3.23. The van der Waals surface area contributed by atoms with Crippen molar-refractivity contribution < 1.29 is 4.74 Å². The highest BCUT2D eigenvalue weighted by atomic mass is 32.1. The molecular weight excluding hydrogens is 206 g/mol. The van der Waals surface area contributed by atoms with E-state index in [0.29, 0.717) is 5.17 Å². The molecule has 0 bridgehead atoms. The van der Waals surface area contributed by atoms with E-state index in [9.17, 15) is 0 Å². The molecule has 3 heteroatoms. The average molecular weight is 231 g/mol. The van der Waals surface area contributed by atoms with Crippen molar-refractivity contribution in [1.29, 1.82) is 0 Å². The van der Waals surface area contributed by atoms with Crippen LogP contribution < -0.4 is 5.32 Å². The van der Waals surface area contributed by atoms with Crippen LogP contribution in [0.4, 0.5) is 0 Å². The normalized spacial score (nSPS) is 12.2. The molecule has 1 N–H and O–H groups in total. The van der Waals surface area contributed by atoms with Crippen molar-refractivity contribution >= 4 is 17.4 Å². The van der Waals surface area contributed by atoms with E-state index in [2.05, 4.69) is 19.2 Å². The van der Waals surface area contributed by atoms with Gasteiger partial charge in [-0.05, 0) is 32.0 Å². The van der Waals surface area contributed by atoms with Crippen molar-refractivity contribution in [2.24, 2.45) is 0 Å². The zero-order valence-electron chi connectivity index (χ0n) is 10.3. The van der Waals surface area contributed by atoms with Crippen LogP contribution in [0.15, 0.2) is 0 Å². The smallest absolute Gasteiger partial charge is 0.256 e. The van der Waals surface area contributed by atoms with Gasteiger partial charge in [0.25, 0.3) is 5.17 Å². The van der Waals surface area contributed by atoms with Gasteiger partial charge in [0.1, 0.15) is 0 Å². The van der Waals surface area contributed by atoms with Gasteiger partial charge in [-0.1, -0.05) is 39.0 Å². The number of hydrogen-bond donors (Lipinski definition) is 1. The van der Waals surface area contributed by atoms with Crippen LogP contribution in [-0.2, 0) is 4.74 Å². The zero-order valence-corrected chi connectivity index (χ0v) is 11.2. The fraction of sp³-hybridized carbons (Fsp3) is 0.917. The Morgan fingerprint density at radius 3 is 2.40 bits per heavy atom. The maximum absolute atomic E-state index is 5.45. The molecule has 0 aromatic heterocycles. The summed E-state index contributed by atoms with van der Waals surface area (Å²) in [5.74, 6) is 0. The molecule has 0 radical (unpaired) electrons. The van der Waals surface area contributed by atoms with Gasteiger partial charge in [0.2, 0.25) is 0 Å². The van der Waals surface area contributed by atoms with Crippen LogP contribution in [0.1, 0.15) is 58.8 Å². The highest BCUT2D eigenvalue weighted by molar-refractivity contribution is 7.80. The maximum Gasteiger partial charge on any atom is 0.256 e. The van der Waals surface area contributed by atoms with Gasteiger partial charge in [0, 0.05) is 7.05 Å². The minimum absolute atomic E-state index is 0.246. The second kappa shape index (κ2) is 10.2. The van der Waals surface area contributed by atoms with Crippen LogP contribution in [0.25, 0.3) is 0 Å². The summed E-state index contributed by atoms with van der Waals surface area (Å²) in [5.41, 5.74) is 0. The molecule has 90 valence electrons. The highest BCUT2D eigenvalue weighted by Crippen LogP contribution is 2.10. The van der Waals surface area contributed by atoms with Crippen molar-refractivity contribution in [3.05, 3.63) is 0 Å². The van der Waals surface area contributed by atoms with Gasteiger partial charge in [-0.15, -0.1) is 0 Å². The lowest BCUT2D eigenvalue weighted by molar-refractivity contribution is 0.191. The first-order valence-corrected chi connectivity index (χ1v) is 6.49. The molecule has 0 spiro atoms. The maximum atomic E-state index is 5.45. The van der Waals surface area contributed by atoms with Gasteiger partial charge in [0.05, 0.1) is 6.10 Å². The van der Waals surface area contributed by atoms with Gasteiger partial charge in [-0.2, -0.15) is 0 Å². The SMILES string of the molecule is CCCCCCCCC(C)OC(=S)NC. The standard InChI is InChI=1S/C12H25NOS/c1-4-5-6-7-8-9-10-11(2)14-12(15)13-3/h11H,4-10H2,1-3H3,(H,13,15). The number of unbranched alkanes of at least 4 members (excludes halogenated alkanes) is 5. The Hall–Kier alpha value is -0.310. The molecule has 0 heterocycles. The molecule has 0 aliphatic heterocycles. The van der Waals surface area contributed by atoms with Crippen molar-refractivity contribution in [2.75, 3.05) is 7.05 Å². The second-order valence-electron chi connectivity index (χ2n) is 4.02. The Morgan fingerprint density at radius 1 is 1.20 bits per heavy atom. The summed E-state index contributed by atoms with van der Waals surface area (Å²) in [6, 6.07) is 0. The van der Waals surface area contributed by atoms with E-state index in [1.807, 2.05) is 0 Å². The third-order valence-corrected chi connectivity index (χ3v) is 2.78. The Morgan fingerprint density at radius 2 is 1.80 bits per heavy atom. The predicted molar refractivity (Wildman–Crippen MR) is 70.2 cm³/mol. The molecule has 2 nitrogen and oxygen atoms in total. The highest BCUT2D eigenvalue weighted by Gasteiger charge is 2.04. The summed E-state index contributed by atoms with van der Waals surface area (Å²) in [6.07, 6.45) is 9.34. The van der Waals surface area contributed by atoms with Crippen LogP contribution in [0.5, 0.6) is 0 Å². The van der Waals surface area contributed by atoms with E-state index in [1.165, 1.54) is 38.5 Å². The van der Waals surface area contributed by atoms with E-state index in [4.69, 9.17) is 17.0 Å². The van der Waals surface area contributed by atoms with Gasteiger partial charge in [0.15, 0.2) is 0 Å². The van der Waals surface area contributed by atoms with Crippen LogP contribution in [-0.4, -0.2) is 18.3 Å². The lowest BCUT2D eigenvalue weighted by Gasteiger charge is -2.14. The van der Waals surface area contributed by atoms with E-state index in [1.54, 1.807) is 7.05 Å². The third-order valence-electron chi connectivity index (χ3n) is 2.48. The topological polar surface area (TPSA) is 21.3 Å². The number of thiocarbonyl (C=S) groups is 1. The van der Waals surface area contributed by atoms with Crippen LogP contribution in [0, 0.1) is 0 Å². The zero-order chi connectivity index (χ0) is 11.5. The summed E-state index contributed by atoms with van der Waals surface area (Å²) in [4.78, 5) is 0. The minimum Gasteiger partial charge on any atom is -0.468 e. The van der Waals surface area contributed by atoms with E-state index >= 15 is 0 Å². The van der Waals surface area contributed by atoms with Crippen LogP contribution >= 0.6 is 12.2 Å². The molecular formula is C12H25NOS. The van der Waals surface area contributed by atoms with E-state index < -0.39 is 0 Å². The van der Waals surface area contributed by atoms with Crippen molar-refractivity contribution in [3.8, 4) is 0 Å². The molecule has 0 fully saturated rings. The van der Waals surface area contributed by atoms with Crippen molar-refractivity contribution in [3.63, 3.8) is 0 Å². The lowest BCUT2D eigenvalue weighted by Crippen LogP contribution is -2.23. The minimum atomic E-state index is 0.246. The van der Waals surface area contributed by atoms with Gasteiger partial charge >= 0.3 is 0 Å². The van der Waals surface area contributed by atoms with E-state index in [0.717, 1.165) is 6.42 Å². The summed E-state index contributed by atoms with van der Waals surface area (Å²) >= 11 is 4.93. The average Bonchev–Trinajstić information content (AvgIpc) is 2.23. The van der Waals surface area contributed by atoms with Gasteiger partial charge < -0.3 is 10.1 Å². The first-order valence-electron chi connectivity index (χ1n) is 6.09. The van der Waals surface area contributed by atoms with E-state index in [-0.39, 0.29) is 6.10 Å². The summed E-state index contributed by atoms with van der Waals surface area (Å²) in [7, 11) is 1.79. The quantitative estimate of drug-likeness (QED) is 0.509. The monoisotopic (exact) mass is 231 g/mol. The Bertz CT molecular complexity index is 162. The first kappa shape index (κ1) is 14.7. The Labute approximate surface area is 99.8 Å². The molecule has 1 unspecified atom stereocenters. The number of hydrogen-bond acceptors (Lipinski definition) is 2. The number of rotatable bonds is 8. The molecule has 0 saturated heterocycles. The predicted octanol–water partition coefficient (Wildman–Crippen LogP) is 3.65. The second-order valence-corrected chi connectivity index (χ2v) is 4.39. The summed E-state index contributed by atoms with van der Waals surface area (Å²) < 4.78 is 5.45. The molecule has 0 rings (SSSR count). The molecule has 0 aliphatic rings. The molecule has 0 aromatic rings.